The maximum absolute atomic E-state index is 13.8. The second kappa shape index (κ2) is 14.4. The summed E-state index contributed by atoms with van der Waals surface area (Å²) in [5.41, 5.74) is 7.93. The highest BCUT2D eigenvalue weighted by Gasteiger charge is 2.45. The lowest BCUT2D eigenvalue weighted by Gasteiger charge is -2.38. The van der Waals surface area contributed by atoms with Crippen molar-refractivity contribution in [2.24, 2.45) is 5.73 Å². The van der Waals surface area contributed by atoms with Gasteiger partial charge in [-0.1, -0.05) is 36.4 Å². The van der Waals surface area contributed by atoms with Crippen LogP contribution in [0.4, 0.5) is 0 Å². The van der Waals surface area contributed by atoms with Gasteiger partial charge in [0.1, 0.15) is 29.1 Å². The number of sulfonamides is 2. The fourth-order valence-electron chi connectivity index (χ4n) is 5.89. The Labute approximate surface area is 270 Å². The predicted octanol–water partition coefficient (Wildman–Crippen LogP) is 2.07. The second-order valence-electron chi connectivity index (χ2n) is 11.6. The van der Waals surface area contributed by atoms with E-state index in [-0.39, 0.29) is 29.0 Å². The third-order valence-electron chi connectivity index (χ3n) is 8.62. The van der Waals surface area contributed by atoms with E-state index in [4.69, 9.17) is 19.9 Å². The highest BCUT2D eigenvalue weighted by molar-refractivity contribution is 7.89. The summed E-state index contributed by atoms with van der Waals surface area (Å²) in [6.45, 7) is 1.73. The summed E-state index contributed by atoms with van der Waals surface area (Å²) in [6.07, 6.45) is 0.947. The number of aliphatic hydroxyl groups excluding tert-OH is 1. The second-order valence-corrected chi connectivity index (χ2v) is 15.4. The maximum Gasteiger partial charge on any atom is 0.246 e. The summed E-state index contributed by atoms with van der Waals surface area (Å²) in [7, 11) is -4.64. The van der Waals surface area contributed by atoms with Crippen LogP contribution in [-0.4, -0.2) is 91.0 Å². The zero-order chi connectivity index (χ0) is 33.0. The molecule has 0 radical (unpaired) electrons. The van der Waals surface area contributed by atoms with Crippen molar-refractivity contribution in [3.8, 4) is 22.6 Å². The highest BCUT2D eigenvalue weighted by atomic mass is 32.2. The summed E-state index contributed by atoms with van der Waals surface area (Å²) >= 11 is 0. The van der Waals surface area contributed by atoms with Crippen molar-refractivity contribution in [3.05, 3.63) is 72.3 Å². The van der Waals surface area contributed by atoms with E-state index in [9.17, 15) is 21.9 Å². The Balaban J connectivity index is 1.14. The maximum atomic E-state index is 13.8. The van der Waals surface area contributed by atoms with Gasteiger partial charge in [0.15, 0.2) is 0 Å². The van der Waals surface area contributed by atoms with Crippen LogP contribution in [-0.2, 0) is 31.3 Å². The molecule has 1 unspecified atom stereocenters. The average Bonchev–Trinajstić information content (AvgIpc) is 3.48. The number of methoxy groups -OCH3 is 1. The van der Waals surface area contributed by atoms with Gasteiger partial charge in [0, 0.05) is 38.3 Å². The number of ether oxygens (including phenoxy) is 3. The van der Waals surface area contributed by atoms with Crippen molar-refractivity contribution in [2.45, 2.75) is 53.3 Å². The summed E-state index contributed by atoms with van der Waals surface area (Å²) in [5, 5.41) is 13.8. The van der Waals surface area contributed by atoms with Crippen LogP contribution in [0.3, 0.4) is 0 Å². The van der Waals surface area contributed by atoms with Gasteiger partial charge in [-0.3, -0.25) is 0 Å². The van der Waals surface area contributed by atoms with Crippen molar-refractivity contribution >= 4 is 20.0 Å². The molecule has 5 rings (SSSR count). The normalized spacial score (nSPS) is 19.3. The number of hydrogen-bond acceptors (Lipinski definition) is 10. The lowest BCUT2D eigenvalue weighted by Crippen LogP contribution is -2.47. The smallest absolute Gasteiger partial charge is 0.246 e. The molecule has 2 fully saturated rings. The van der Waals surface area contributed by atoms with Gasteiger partial charge < -0.3 is 30.4 Å². The van der Waals surface area contributed by atoms with E-state index in [1.807, 2.05) is 30.3 Å². The molecule has 12 nitrogen and oxygen atoms in total. The number of aliphatic hydroxyl groups is 1. The van der Waals surface area contributed by atoms with E-state index in [1.54, 1.807) is 24.3 Å². The lowest BCUT2D eigenvalue weighted by molar-refractivity contribution is -0.0312. The van der Waals surface area contributed by atoms with Crippen LogP contribution in [0.1, 0.15) is 24.8 Å². The Kier molecular flexibility index (Phi) is 10.7. The summed E-state index contributed by atoms with van der Waals surface area (Å²) < 4.78 is 72.8. The van der Waals surface area contributed by atoms with E-state index < -0.39 is 31.8 Å². The number of nitrogens with zero attached hydrogens (tertiary/aromatic N) is 1. The molecule has 0 aliphatic carbocycles. The Bertz CT molecular complexity index is 1710. The van der Waals surface area contributed by atoms with Gasteiger partial charge in [0.05, 0.1) is 24.2 Å². The molecule has 2 heterocycles. The van der Waals surface area contributed by atoms with Crippen LogP contribution in [0.2, 0.25) is 0 Å². The van der Waals surface area contributed by atoms with Crippen LogP contribution in [0.25, 0.3) is 11.1 Å². The van der Waals surface area contributed by atoms with Gasteiger partial charge in [0.2, 0.25) is 20.0 Å². The first-order chi connectivity index (χ1) is 22.0. The third-order valence-corrected chi connectivity index (χ3v) is 11.9. The van der Waals surface area contributed by atoms with Gasteiger partial charge in [-0.15, -0.1) is 0 Å². The number of nitrogens with two attached hydrogens (primary N) is 1. The van der Waals surface area contributed by atoms with Crippen LogP contribution >= 0.6 is 0 Å². The summed E-state index contributed by atoms with van der Waals surface area (Å²) in [6, 6.07) is 19.0. The molecular weight excluding hydrogens is 633 g/mol. The number of nitrogens with one attached hydrogen (secondary N) is 2. The first-order valence-electron chi connectivity index (χ1n) is 15.2. The molecule has 3 aromatic carbocycles. The van der Waals surface area contributed by atoms with E-state index in [0.717, 1.165) is 16.7 Å². The highest BCUT2D eigenvalue weighted by Crippen LogP contribution is 2.39. The zero-order valence-electron chi connectivity index (χ0n) is 26.0. The van der Waals surface area contributed by atoms with Gasteiger partial charge in [-0.05, 0) is 67.3 Å². The molecule has 46 heavy (non-hydrogen) atoms. The average molecular weight is 675 g/mol. The van der Waals surface area contributed by atoms with Gasteiger partial charge in [-0.25, -0.2) is 21.6 Å². The first kappa shape index (κ1) is 34.3. The minimum Gasteiger partial charge on any atom is -0.495 e. The molecular formula is C32H42N4O8S2. The molecule has 1 spiro atoms. The quantitative estimate of drug-likeness (QED) is 0.211. The van der Waals surface area contributed by atoms with Crippen LogP contribution in [0.5, 0.6) is 11.5 Å². The Morgan fingerprint density at radius 3 is 2.43 bits per heavy atom. The molecule has 0 amide bonds. The number of benzene rings is 3. The molecule has 5 N–H and O–H groups in total. The van der Waals surface area contributed by atoms with Crippen molar-refractivity contribution in [2.75, 3.05) is 47.0 Å². The van der Waals surface area contributed by atoms with Gasteiger partial charge in [0.25, 0.3) is 0 Å². The fraction of sp³-hybridized carbons (Fsp3) is 0.438. The Hall–Kier alpha value is -3.08. The topological polar surface area (TPSA) is 170 Å². The monoisotopic (exact) mass is 674 g/mol. The van der Waals surface area contributed by atoms with Crippen molar-refractivity contribution < 1.29 is 36.2 Å². The molecule has 0 bridgehead atoms. The molecule has 3 aromatic rings. The molecule has 0 saturated carbocycles. The number of hydrogen-bond donors (Lipinski definition) is 4. The summed E-state index contributed by atoms with van der Waals surface area (Å²) in [5.74, 6) is 0.632. The van der Waals surface area contributed by atoms with Crippen LogP contribution in [0, 0.1) is 0 Å². The minimum atomic E-state index is -3.84. The molecule has 2 aliphatic rings. The van der Waals surface area contributed by atoms with Crippen LogP contribution < -0.4 is 25.2 Å². The molecule has 2 atom stereocenters. The summed E-state index contributed by atoms with van der Waals surface area (Å²) in [4.78, 5) is 0.207. The first-order valence-corrected chi connectivity index (χ1v) is 18.1. The molecule has 2 aliphatic heterocycles. The van der Waals surface area contributed by atoms with Gasteiger partial charge in [-0.2, -0.15) is 4.31 Å². The third kappa shape index (κ3) is 7.72. The number of piperidine rings is 1. The molecule has 2 saturated heterocycles. The lowest BCUT2D eigenvalue weighted by atomic mass is 9.88. The van der Waals surface area contributed by atoms with E-state index in [1.165, 1.54) is 30.6 Å². The number of rotatable bonds is 13. The zero-order valence-corrected chi connectivity index (χ0v) is 27.6. The van der Waals surface area contributed by atoms with Crippen molar-refractivity contribution in [1.29, 1.82) is 0 Å². The minimum absolute atomic E-state index is 0.00987. The van der Waals surface area contributed by atoms with E-state index in [0.29, 0.717) is 57.0 Å². The largest absolute Gasteiger partial charge is 0.495 e. The Morgan fingerprint density at radius 2 is 1.76 bits per heavy atom. The Morgan fingerprint density at radius 1 is 1.04 bits per heavy atom. The van der Waals surface area contributed by atoms with E-state index in [2.05, 4.69) is 10.0 Å². The van der Waals surface area contributed by atoms with Gasteiger partial charge >= 0.3 is 0 Å². The van der Waals surface area contributed by atoms with Crippen LogP contribution in [0.15, 0.2) is 76.5 Å². The van der Waals surface area contributed by atoms with E-state index >= 15 is 0 Å². The fourth-order valence-corrected chi connectivity index (χ4v) is 8.28. The van der Waals surface area contributed by atoms with Crippen molar-refractivity contribution in [3.63, 3.8) is 0 Å². The molecule has 14 heteroatoms. The molecule has 0 aromatic heterocycles. The predicted molar refractivity (Wildman–Crippen MR) is 174 cm³/mol. The SMILES string of the molecule is CNS(=O)(=O)c1cccc(OCC(O)CN[C@H]2COC3(CCN(S(=O)(=O)c4cc(-c5ccc(CN)cc5)ccc4OC)CC3)C2)c1. The standard InChI is InChI=1S/C32H42N4O8S2/c1-34-45(38,39)29-5-3-4-28(17-29)43-22-27(37)20-35-26-18-32(44-21-26)12-14-36(15-13-32)46(40,41)31-16-25(10-11-30(31)42-2)24-8-6-23(19-33)7-9-24/h3-11,16-17,26-27,34-35,37H,12-15,18-22,33H2,1-2H3/t26-,27?/m1/s1. The molecule has 250 valence electrons. The van der Waals surface area contributed by atoms with Crippen molar-refractivity contribution in [1.82, 2.24) is 14.3 Å².